The molecule has 1 aromatic rings. The van der Waals surface area contributed by atoms with Crippen LogP contribution in [-0.2, 0) is 14.3 Å². The number of carbonyl (C=O) groups excluding carboxylic acids is 1. The molecule has 0 unspecified atom stereocenters. The molecule has 23 heavy (non-hydrogen) atoms. The number of aldehydes is 1. The molecular formula is C19H22O3Se. The van der Waals surface area contributed by atoms with Crippen LogP contribution in [-0.4, -0.2) is 40.2 Å². The van der Waals surface area contributed by atoms with E-state index in [4.69, 9.17) is 9.47 Å². The van der Waals surface area contributed by atoms with Crippen molar-refractivity contribution < 1.29 is 14.3 Å². The predicted octanol–water partition coefficient (Wildman–Crippen LogP) is 2.49. The second-order valence-corrected chi connectivity index (χ2v) is 9.54. The average molecular weight is 377 g/mol. The fourth-order valence-electron chi connectivity index (χ4n) is 3.64. The van der Waals surface area contributed by atoms with Gasteiger partial charge in [-0.25, -0.2) is 0 Å². The number of rotatable bonds is 6. The molecule has 0 N–H and O–H groups in total. The third-order valence-electron chi connectivity index (χ3n) is 4.97. The second-order valence-electron chi connectivity index (χ2n) is 7.06. The molecule has 1 aliphatic heterocycles. The van der Waals surface area contributed by atoms with E-state index in [9.17, 15) is 4.79 Å². The summed E-state index contributed by atoms with van der Waals surface area (Å²) < 4.78 is 13.9. The van der Waals surface area contributed by atoms with E-state index in [-0.39, 0.29) is 19.8 Å². The van der Waals surface area contributed by atoms with E-state index in [1.54, 1.807) is 0 Å². The van der Waals surface area contributed by atoms with Gasteiger partial charge in [0.15, 0.2) is 0 Å². The predicted molar refractivity (Wildman–Crippen MR) is 89.8 cm³/mol. The van der Waals surface area contributed by atoms with Gasteiger partial charge in [0.1, 0.15) is 0 Å². The van der Waals surface area contributed by atoms with Crippen molar-refractivity contribution in [2.75, 3.05) is 13.2 Å². The quantitative estimate of drug-likeness (QED) is 0.434. The van der Waals surface area contributed by atoms with Gasteiger partial charge in [0.25, 0.3) is 0 Å². The fraction of sp³-hybridized carbons (Fsp3) is 0.526. The van der Waals surface area contributed by atoms with Gasteiger partial charge in [0.2, 0.25) is 0 Å². The Bertz CT molecular complexity index is 625. The number of hydrogen-bond acceptors (Lipinski definition) is 3. The van der Waals surface area contributed by atoms with Crippen molar-refractivity contribution in [1.29, 1.82) is 0 Å². The van der Waals surface area contributed by atoms with E-state index in [2.05, 4.69) is 37.3 Å². The summed E-state index contributed by atoms with van der Waals surface area (Å²) in [5.41, 5.74) is 0.701. The summed E-state index contributed by atoms with van der Waals surface area (Å²) >= 11 is 0.138. The summed E-state index contributed by atoms with van der Waals surface area (Å²) in [6.07, 6.45) is 6.55. The summed E-state index contributed by atoms with van der Waals surface area (Å²) in [6.45, 7) is 3.31. The molecular weight excluding hydrogens is 355 g/mol. The normalized spacial score (nSPS) is 35.9. The number of fused-ring (bicyclic) bond motifs is 2. The van der Waals surface area contributed by atoms with Crippen LogP contribution in [0.15, 0.2) is 42.0 Å². The maximum atomic E-state index is 12.0. The van der Waals surface area contributed by atoms with Crippen LogP contribution in [0.2, 0.25) is 4.82 Å². The second kappa shape index (κ2) is 5.86. The van der Waals surface area contributed by atoms with Gasteiger partial charge in [0, 0.05) is 0 Å². The number of benzene rings is 1. The molecule has 0 spiro atoms. The van der Waals surface area contributed by atoms with Crippen molar-refractivity contribution in [3.63, 3.8) is 0 Å². The van der Waals surface area contributed by atoms with Crippen molar-refractivity contribution >= 4 is 25.7 Å². The zero-order chi connectivity index (χ0) is 15.9. The van der Waals surface area contributed by atoms with Crippen molar-refractivity contribution in [2.24, 2.45) is 11.3 Å². The Kier molecular flexibility index (Phi) is 3.97. The van der Waals surface area contributed by atoms with Crippen molar-refractivity contribution in [3.05, 3.63) is 42.0 Å². The van der Waals surface area contributed by atoms with Crippen molar-refractivity contribution in [3.8, 4) is 0 Å². The van der Waals surface area contributed by atoms with Gasteiger partial charge in [-0.2, -0.15) is 0 Å². The minimum atomic E-state index is -0.599. The SMILES string of the molecule is CC1=C[C@@]2(C=O)CO[C@@](OCC3CC3)(C1)[C@H]2[Se]c1ccccc1. The van der Waals surface area contributed by atoms with Crippen LogP contribution >= 0.6 is 0 Å². The fourth-order valence-corrected chi connectivity index (χ4v) is 6.57. The van der Waals surface area contributed by atoms with E-state index in [1.807, 2.05) is 6.07 Å². The molecule has 3 aliphatic rings. The molecule has 0 aromatic heterocycles. The third kappa shape index (κ3) is 2.83. The van der Waals surface area contributed by atoms with E-state index in [0.717, 1.165) is 19.3 Å². The van der Waals surface area contributed by atoms with Crippen LogP contribution < -0.4 is 4.46 Å². The molecule has 122 valence electrons. The zero-order valence-corrected chi connectivity index (χ0v) is 15.1. The molecule has 3 nitrogen and oxygen atoms in total. The first-order valence-corrected chi connectivity index (χ1v) is 10.1. The van der Waals surface area contributed by atoms with Gasteiger partial charge in [0.05, 0.1) is 0 Å². The topological polar surface area (TPSA) is 35.5 Å². The molecule has 2 fully saturated rings. The van der Waals surface area contributed by atoms with Crippen LogP contribution in [0.3, 0.4) is 0 Å². The Morgan fingerprint density at radius 3 is 2.83 bits per heavy atom. The van der Waals surface area contributed by atoms with Gasteiger partial charge in [-0.1, -0.05) is 0 Å². The summed E-state index contributed by atoms with van der Waals surface area (Å²) in [7, 11) is 0. The Morgan fingerprint density at radius 1 is 1.35 bits per heavy atom. The van der Waals surface area contributed by atoms with Crippen molar-refractivity contribution in [1.82, 2.24) is 0 Å². The Morgan fingerprint density at radius 2 is 2.13 bits per heavy atom. The minimum absolute atomic E-state index is 0.116. The number of carbonyl (C=O) groups is 1. The molecule has 1 heterocycles. The summed E-state index contributed by atoms with van der Waals surface area (Å²) in [5.74, 6) is 0.0911. The first-order valence-electron chi connectivity index (χ1n) is 8.30. The molecule has 4 rings (SSSR count). The first-order chi connectivity index (χ1) is 11.2. The third-order valence-corrected chi connectivity index (χ3v) is 8.28. The Balaban J connectivity index is 1.66. The van der Waals surface area contributed by atoms with Gasteiger partial charge < -0.3 is 0 Å². The van der Waals surface area contributed by atoms with Crippen LogP contribution in [0.25, 0.3) is 0 Å². The van der Waals surface area contributed by atoms with E-state index < -0.39 is 11.2 Å². The average Bonchev–Trinajstić information content (AvgIpc) is 3.36. The first kappa shape index (κ1) is 15.6. The molecule has 2 bridgehead atoms. The van der Waals surface area contributed by atoms with Crippen LogP contribution in [0.1, 0.15) is 26.2 Å². The maximum absolute atomic E-state index is 12.0. The van der Waals surface area contributed by atoms with E-state index >= 15 is 0 Å². The Labute approximate surface area is 143 Å². The van der Waals surface area contributed by atoms with E-state index in [0.29, 0.717) is 12.5 Å². The van der Waals surface area contributed by atoms with Crippen LogP contribution in [0.5, 0.6) is 0 Å². The Hall–Kier alpha value is -0.931. The summed E-state index contributed by atoms with van der Waals surface area (Å²) in [5, 5.41) is 0. The van der Waals surface area contributed by atoms with Crippen LogP contribution in [0, 0.1) is 11.3 Å². The van der Waals surface area contributed by atoms with Crippen molar-refractivity contribution in [2.45, 2.75) is 36.8 Å². The van der Waals surface area contributed by atoms with Gasteiger partial charge in [-0.15, -0.1) is 0 Å². The summed E-state index contributed by atoms with van der Waals surface area (Å²) in [4.78, 5) is 12.1. The molecule has 2 aliphatic carbocycles. The molecule has 1 aromatic carbocycles. The molecule has 4 heteroatoms. The molecule has 3 atom stereocenters. The molecule has 0 radical (unpaired) electrons. The monoisotopic (exact) mass is 378 g/mol. The zero-order valence-electron chi connectivity index (χ0n) is 13.4. The summed E-state index contributed by atoms with van der Waals surface area (Å²) in [6, 6.07) is 10.5. The van der Waals surface area contributed by atoms with Gasteiger partial charge in [-0.05, 0) is 0 Å². The number of hydrogen-bond donors (Lipinski definition) is 0. The number of ether oxygens (including phenoxy) is 2. The standard InChI is InChI=1S/C19H22O3Se/c1-14-9-18(12-20)13-22-19(10-14,21-11-15-7-8-15)17(18)23-16-5-3-2-4-6-16/h2-6,9,12,15,17H,7-8,10-11,13H2,1H3/t17-,18+,19-/m0/s1. The molecule has 0 amide bonds. The van der Waals surface area contributed by atoms with E-state index in [1.165, 1.54) is 22.9 Å². The molecule has 1 saturated heterocycles. The van der Waals surface area contributed by atoms with Crippen LogP contribution in [0.4, 0.5) is 0 Å². The van der Waals surface area contributed by atoms with Gasteiger partial charge >= 0.3 is 143 Å². The van der Waals surface area contributed by atoms with Gasteiger partial charge in [-0.3, -0.25) is 0 Å². The molecule has 1 saturated carbocycles.